The second-order valence-electron chi connectivity index (χ2n) is 5.69. The van der Waals surface area contributed by atoms with Gasteiger partial charge in [0.1, 0.15) is 0 Å². The highest BCUT2D eigenvalue weighted by atomic mass is 16.5. The van der Waals surface area contributed by atoms with Gasteiger partial charge in [0, 0.05) is 6.61 Å². The summed E-state index contributed by atoms with van der Waals surface area (Å²) in [5, 5.41) is 0. The highest BCUT2D eigenvalue weighted by molar-refractivity contribution is 5.34. The molecule has 1 heterocycles. The van der Waals surface area contributed by atoms with Gasteiger partial charge in [-0.1, -0.05) is 30.7 Å². The summed E-state index contributed by atoms with van der Waals surface area (Å²) in [4.78, 5) is 0. The Bertz CT molecular complexity index is 394. The molecule has 1 aliphatic heterocycles. The second-order valence-corrected chi connectivity index (χ2v) is 5.69. The van der Waals surface area contributed by atoms with Crippen LogP contribution < -0.4 is 5.73 Å². The monoisotopic (exact) mass is 245 g/mol. The zero-order valence-corrected chi connectivity index (χ0v) is 11.0. The van der Waals surface area contributed by atoms with Crippen molar-refractivity contribution in [2.75, 3.05) is 6.61 Å². The van der Waals surface area contributed by atoms with Gasteiger partial charge < -0.3 is 10.5 Å². The maximum Gasteiger partial charge on any atom is 0.0767 e. The Kier molecular flexibility index (Phi) is 3.67. The SMILES string of the molecule is NC(c1ccccc1C1CCC1)C1CCCCO1. The van der Waals surface area contributed by atoms with Crippen molar-refractivity contribution in [3.05, 3.63) is 35.4 Å². The molecular formula is C16H23NO. The van der Waals surface area contributed by atoms with E-state index in [-0.39, 0.29) is 12.1 Å². The average Bonchev–Trinajstić information content (AvgIpc) is 2.38. The fraction of sp³-hybridized carbons (Fsp3) is 0.625. The van der Waals surface area contributed by atoms with Crippen LogP contribution in [0.3, 0.4) is 0 Å². The first-order valence-corrected chi connectivity index (χ1v) is 7.32. The van der Waals surface area contributed by atoms with Crippen LogP contribution in [0.5, 0.6) is 0 Å². The molecule has 0 radical (unpaired) electrons. The van der Waals surface area contributed by atoms with Crippen LogP contribution in [0, 0.1) is 0 Å². The lowest BCUT2D eigenvalue weighted by atomic mass is 9.76. The number of nitrogens with two attached hydrogens (primary N) is 1. The summed E-state index contributed by atoms with van der Waals surface area (Å²) >= 11 is 0. The molecule has 1 aromatic rings. The largest absolute Gasteiger partial charge is 0.376 e. The third-order valence-corrected chi connectivity index (χ3v) is 4.52. The lowest BCUT2D eigenvalue weighted by molar-refractivity contribution is -0.000264. The van der Waals surface area contributed by atoms with Crippen LogP contribution in [0.15, 0.2) is 24.3 Å². The minimum atomic E-state index is 0.0575. The summed E-state index contributed by atoms with van der Waals surface area (Å²) < 4.78 is 5.86. The molecule has 2 aliphatic rings. The number of rotatable bonds is 3. The van der Waals surface area contributed by atoms with Gasteiger partial charge in [0.05, 0.1) is 12.1 Å². The van der Waals surface area contributed by atoms with Crippen molar-refractivity contribution in [3.63, 3.8) is 0 Å². The highest BCUT2D eigenvalue weighted by Gasteiger charge is 2.28. The van der Waals surface area contributed by atoms with Crippen molar-refractivity contribution in [1.82, 2.24) is 0 Å². The molecule has 0 bridgehead atoms. The number of ether oxygens (including phenoxy) is 1. The summed E-state index contributed by atoms with van der Waals surface area (Å²) in [6.07, 6.45) is 7.80. The van der Waals surface area contributed by atoms with Crippen molar-refractivity contribution in [1.29, 1.82) is 0 Å². The first-order chi connectivity index (χ1) is 8.86. The van der Waals surface area contributed by atoms with E-state index in [1.54, 1.807) is 0 Å². The van der Waals surface area contributed by atoms with E-state index < -0.39 is 0 Å². The smallest absolute Gasteiger partial charge is 0.0767 e. The van der Waals surface area contributed by atoms with E-state index in [4.69, 9.17) is 10.5 Å². The van der Waals surface area contributed by atoms with E-state index in [2.05, 4.69) is 24.3 Å². The maximum absolute atomic E-state index is 6.46. The molecule has 2 N–H and O–H groups in total. The Morgan fingerprint density at radius 2 is 1.89 bits per heavy atom. The standard InChI is InChI=1S/C16H23NO/c17-16(15-10-3-4-11-18-15)14-9-2-1-8-13(14)12-6-5-7-12/h1-2,8-9,12,15-16H,3-7,10-11,17H2. The molecule has 2 nitrogen and oxygen atoms in total. The molecule has 0 aromatic heterocycles. The molecule has 0 amide bonds. The Morgan fingerprint density at radius 1 is 1.06 bits per heavy atom. The number of hydrogen-bond donors (Lipinski definition) is 1. The van der Waals surface area contributed by atoms with Gasteiger partial charge in [-0.2, -0.15) is 0 Å². The first kappa shape index (κ1) is 12.2. The van der Waals surface area contributed by atoms with Crippen molar-refractivity contribution >= 4 is 0 Å². The third kappa shape index (κ3) is 2.32. The zero-order valence-electron chi connectivity index (χ0n) is 11.0. The summed E-state index contributed by atoms with van der Waals surface area (Å²) in [6, 6.07) is 8.78. The van der Waals surface area contributed by atoms with Gasteiger partial charge in [-0.05, 0) is 49.1 Å². The minimum absolute atomic E-state index is 0.0575. The van der Waals surface area contributed by atoms with E-state index >= 15 is 0 Å². The molecule has 1 saturated heterocycles. The molecule has 1 saturated carbocycles. The minimum Gasteiger partial charge on any atom is -0.376 e. The molecule has 2 fully saturated rings. The van der Waals surface area contributed by atoms with Crippen LogP contribution in [0.25, 0.3) is 0 Å². The van der Waals surface area contributed by atoms with Crippen LogP contribution in [-0.2, 0) is 4.74 Å². The first-order valence-electron chi connectivity index (χ1n) is 7.32. The highest BCUT2D eigenvalue weighted by Crippen LogP contribution is 2.40. The predicted octanol–water partition coefficient (Wildman–Crippen LogP) is 3.52. The Balaban J connectivity index is 1.81. The molecule has 0 spiro atoms. The van der Waals surface area contributed by atoms with E-state index in [1.807, 2.05) is 0 Å². The molecule has 2 heteroatoms. The number of benzene rings is 1. The lowest BCUT2D eigenvalue weighted by Gasteiger charge is -2.33. The zero-order chi connectivity index (χ0) is 12.4. The lowest BCUT2D eigenvalue weighted by Crippen LogP contribution is -2.33. The average molecular weight is 245 g/mol. The van der Waals surface area contributed by atoms with Crippen LogP contribution in [-0.4, -0.2) is 12.7 Å². The van der Waals surface area contributed by atoms with Crippen LogP contribution >= 0.6 is 0 Å². The van der Waals surface area contributed by atoms with Gasteiger partial charge in [-0.3, -0.25) is 0 Å². The normalized spacial score (nSPS) is 26.6. The Morgan fingerprint density at radius 3 is 2.56 bits per heavy atom. The van der Waals surface area contributed by atoms with Crippen LogP contribution in [0.2, 0.25) is 0 Å². The predicted molar refractivity (Wildman–Crippen MR) is 73.6 cm³/mol. The van der Waals surface area contributed by atoms with Crippen molar-refractivity contribution in [3.8, 4) is 0 Å². The molecule has 3 rings (SSSR count). The summed E-state index contributed by atoms with van der Waals surface area (Å²) in [6.45, 7) is 0.879. The molecule has 2 unspecified atom stereocenters. The third-order valence-electron chi connectivity index (χ3n) is 4.52. The number of hydrogen-bond acceptors (Lipinski definition) is 2. The molecule has 1 aliphatic carbocycles. The van der Waals surface area contributed by atoms with Crippen molar-refractivity contribution in [2.45, 2.75) is 56.6 Å². The molecule has 18 heavy (non-hydrogen) atoms. The van der Waals surface area contributed by atoms with Crippen LogP contribution in [0.4, 0.5) is 0 Å². The van der Waals surface area contributed by atoms with Gasteiger partial charge in [-0.15, -0.1) is 0 Å². The quantitative estimate of drug-likeness (QED) is 0.884. The summed E-state index contributed by atoms with van der Waals surface area (Å²) in [7, 11) is 0. The summed E-state index contributed by atoms with van der Waals surface area (Å²) in [5.41, 5.74) is 9.27. The fourth-order valence-corrected chi connectivity index (χ4v) is 3.15. The fourth-order valence-electron chi connectivity index (χ4n) is 3.15. The van der Waals surface area contributed by atoms with Crippen molar-refractivity contribution in [2.24, 2.45) is 5.73 Å². The van der Waals surface area contributed by atoms with Crippen LogP contribution in [0.1, 0.15) is 61.6 Å². The summed E-state index contributed by atoms with van der Waals surface area (Å²) in [5.74, 6) is 0.746. The van der Waals surface area contributed by atoms with Gasteiger partial charge in [0.25, 0.3) is 0 Å². The van der Waals surface area contributed by atoms with E-state index in [0.29, 0.717) is 0 Å². The van der Waals surface area contributed by atoms with E-state index in [9.17, 15) is 0 Å². The van der Waals surface area contributed by atoms with Gasteiger partial charge in [0.15, 0.2) is 0 Å². The van der Waals surface area contributed by atoms with Gasteiger partial charge in [-0.25, -0.2) is 0 Å². The topological polar surface area (TPSA) is 35.2 Å². The molecule has 2 atom stereocenters. The molecular weight excluding hydrogens is 222 g/mol. The van der Waals surface area contributed by atoms with Gasteiger partial charge in [0.2, 0.25) is 0 Å². The Labute approximate surface area is 110 Å². The molecule has 1 aromatic carbocycles. The van der Waals surface area contributed by atoms with Crippen molar-refractivity contribution < 1.29 is 4.74 Å². The second kappa shape index (κ2) is 5.41. The molecule has 98 valence electrons. The van der Waals surface area contributed by atoms with E-state index in [0.717, 1.165) is 18.9 Å². The Hall–Kier alpha value is -0.860. The van der Waals surface area contributed by atoms with E-state index in [1.165, 1.54) is 43.2 Å². The maximum atomic E-state index is 6.46. The van der Waals surface area contributed by atoms with Gasteiger partial charge >= 0.3 is 0 Å².